The minimum atomic E-state index is -0.232. The van der Waals surface area contributed by atoms with Crippen molar-refractivity contribution in [2.45, 2.75) is 51.1 Å². The summed E-state index contributed by atoms with van der Waals surface area (Å²) in [6, 6.07) is 8.27. The van der Waals surface area contributed by atoms with Gasteiger partial charge < -0.3 is 4.90 Å². The van der Waals surface area contributed by atoms with E-state index in [9.17, 15) is 4.79 Å². The fraction of sp³-hybridized carbons (Fsp3) is 0.500. The Hall–Kier alpha value is -1.84. The van der Waals surface area contributed by atoms with Crippen LogP contribution in [0.5, 0.6) is 0 Å². The highest BCUT2D eigenvalue weighted by atomic mass is 16.2. The van der Waals surface area contributed by atoms with E-state index in [4.69, 9.17) is 5.41 Å². The normalized spacial score (nSPS) is 23.1. The molecule has 1 unspecified atom stereocenters. The summed E-state index contributed by atoms with van der Waals surface area (Å²) in [6.45, 7) is 6.55. The monoisotopic (exact) mass is 271 g/mol. The molecule has 106 valence electrons. The molecule has 0 aromatic heterocycles. The summed E-state index contributed by atoms with van der Waals surface area (Å²) < 4.78 is 0. The second-order valence-corrected chi connectivity index (χ2v) is 6.76. The Balaban J connectivity index is 1.91. The van der Waals surface area contributed by atoms with E-state index >= 15 is 0 Å². The van der Waals surface area contributed by atoms with Crippen molar-refractivity contribution in [1.29, 1.82) is 5.41 Å². The third kappa shape index (κ3) is 2.19. The molecule has 1 aromatic carbocycles. The smallest absolute Gasteiger partial charge is 0.307 e. The number of amidine groups is 1. The van der Waals surface area contributed by atoms with Crippen molar-refractivity contribution in [2.75, 3.05) is 0 Å². The molecule has 1 saturated carbocycles. The van der Waals surface area contributed by atoms with Crippen LogP contribution in [0, 0.1) is 5.41 Å². The van der Waals surface area contributed by atoms with Gasteiger partial charge >= 0.3 is 6.03 Å². The Morgan fingerprint density at radius 1 is 1.20 bits per heavy atom. The van der Waals surface area contributed by atoms with Crippen LogP contribution in [0.2, 0.25) is 0 Å². The van der Waals surface area contributed by atoms with E-state index in [0.717, 1.165) is 18.4 Å². The predicted molar refractivity (Wildman–Crippen MR) is 79.0 cm³/mol. The van der Waals surface area contributed by atoms with E-state index in [0.29, 0.717) is 11.9 Å². The summed E-state index contributed by atoms with van der Waals surface area (Å²) in [5.41, 5.74) is 2.41. The molecule has 1 saturated heterocycles. The van der Waals surface area contributed by atoms with Crippen LogP contribution < -0.4 is 5.32 Å². The van der Waals surface area contributed by atoms with Gasteiger partial charge in [-0.1, -0.05) is 45.0 Å². The van der Waals surface area contributed by atoms with Crippen molar-refractivity contribution in [3.8, 4) is 0 Å². The van der Waals surface area contributed by atoms with Crippen LogP contribution in [-0.2, 0) is 5.41 Å². The van der Waals surface area contributed by atoms with Gasteiger partial charge in [0.15, 0.2) is 0 Å². The van der Waals surface area contributed by atoms with Crippen LogP contribution in [0.25, 0.3) is 0 Å². The van der Waals surface area contributed by atoms with E-state index in [1.807, 2.05) is 4.90 Å². The van der Waals surface area contributed by atoms with Gasteiger partial charge in [0, 0.05) is 6.04 Å². The molecular weight excluding hydrogens is 250 g/mol. The van der Waals surface area contributed by atoms with Crippen LogP contribution in [0.15, 0.2) is 24.3 Å². The molecule has 2 aliphatic rings. The van der Waals surface area contributed by atoms with Gasteiger partial charge in [-0.3, -0.25) is 10.7 Å². The standard InChI is InChI=1S/C16H21N3O/c1-16(2,3)11-6-4-10(5-7-11)13-14(17)18-15(20)19(13)12-8-9-12/h4-7,12-13H,8-9H2,1-3H3,(H2,17,18,20). The van der Waals surface area contributed by atoms with Crippen LogP contribution >= 0.6 is 0 Å². The lowest BCUT2D eigenvalue weighted by molar-refractivity contribution is 0.202. The Kier molecular flexibility index (Phi) is 2.85. The van der Waals surface area contributed by atoms with Gasteiger partial charge in [0.2, 0.25) is 0 Å². The van der Waals surface area contributed by atoms with Gasteiger partial charge in [0.05, 0.1) is 0 Å². The van der Waals surface area contributed by atoms with Gasteiger partial charge in [-0.05, 0) is 29.4 Å². The molecule has 2 amide bonds. The number of hydrogen-bond acceptors (Lipinski definition) is 2. The molecule has 4 nitrogen and oxygen atoms in total. The largest absolute Gasteiger partial charge is 0.323 e. The van der Waals surface area contributed by atoms with Crippen molar-refractivity contribution in [2.24, 2.45) is 0 Å². The first kappa shape index (κ1) is 13.2. The molecule has 1 aliphatic heterocycles. The van der Waals surface area contributed by atoms with E-state index in [1.165, 1.54) is 5.56 Å². The maximum absolute atomic E-state index is 12.0. The Morgan fingerprint density at radius 3 is 2.30 bits per heavy atom. The fourth-order valence-corrected chi connectivity index (χ4v) is 2.73. The van der Waals surface area contributed by atoms with E-state index in [-0.39, 0.29) is 17.5 Å². The topological polar surface area (TPSA) is 56.2 Å². The second-order valence-electron chi connectivity index (χ2n) is 6.76. The minimum absolute atomic E-state index is 0.117. The molecule has 1 aromatic rings. The van der Waals surface area contributed by atoms with E-state index in [2.05, 4.69) is 50.4 Å². The highest BCUT2D eigenvalue weighted by Crippen LogP contribution is 2.37. The van der Waals surface area contributed by atoms with Gasteiger partial charge in [0.25, 0.3) is 0 Å². The Morgan fingerprint density at radius 2 is 1.80 bits per heavy atom. The van der Waals surface area contributed by atoms with Crippen LogP contribution in [0.1, 0.15) is 50.8 Å². The first-order valence-electron chi connectivity index (χ1n) is 7.16. The van der Waals surface area contributed by atoms with Gasteiger partial charge in [-0.15, -0.1) is 0 Å². The fourth-order valence-electron chi connectivity index (χ4n) is 2.73. The van der Waals surface area contributed by atoms with Crippen LogP contribution in [0.4, 0.5) is 4.79 Å². The van der Waals surface area contributed by atoms with Gasteiger partial charge in [-0.2, -0.15) is 0 Å². The molecule has 1 aliphatic carbocycles. The number of rotatable bonds is 2. The number of nitrogens with one attached hydrogen (secondary N) is 2. The number of carbonyl (C=O) groups excluding carboxylic acids is 1. The molecule has 0 spiro atoms. The molecular formula is C16H21N3O. The average molecular weight is 271 g/mol. The lowest BCUT2D eigenvalue weighted by atomic mass is 9.86. The maximum atomic E-state index is 12.0. The molecule has 2 fully saturated rings. The molecule has 2 N–H and O–H groups in total. The second kappa shape index (κ2) is 4.33. The zero-order valence-electron chi connectivity index (χ0n) is 12.2. The van der Waals surface area contributed by atoms with Crippen molar-refractivity contribution < 1.29 is 4.79 Å². The van der Waals surface area contributed by atoms with Crippen molar-refractivity contribution >= 4 is 11.9 Å². The molecule has 4 heteroatoms. The SMILES string of the molecule is CC(C)(C)c1ccc(C2C(=N)NC(=O)N2C2CC2)cc1. The Labute approximate surface area is 119 Å². The molecule has 3 rings (SSSR count). The number of carbonyl (C=O) groups is 1. The summed E-state index contributed by atoms with van der Waals surface area (Å²) in [5, 5.41) is 10.7. The van der Waals surface area contributed by atoms with Crippen LogP contribution in [0.3, 0.4) is 0 Å². The number of nitrogens with zero attached hydrogens (tertiary/aromatic N) is 1. The summed E-state index contributed by atoms with van der Waals surface area (Å²) >= 11 is 0. The molecule has 0 bridgehead atoms. The number of urea groups is 1. The lowest BCUT2D eigenvalue weighted by Gasteiger charge is -2.24. The Bertz CT molecular complexity index is 552. The summed E-state index contributed by atoms with van der Waals surface area (Å²) in [4.78, 5) is 13.8. The third-order valence-electron chi connectivity index (χ3n) is 4.06. The van der Waals surface area contributed by atoms with Crippen molar-refractivity contribution in [3.05, 3.63) is 35.4 Å². The number of benzene rings is 1. The highest BCUT2D eigenvalue weighted by molar-refractivity contribution is 6.06. The third-order valence-corrected chi connectivity index (χ3v) is 4.06. The summed E-state index contributed by atoms with van der Waals surface area (Å²) in [6.07, 6.45) is 2.11. The minimum Gasteiger partial charge on any atom is -0.307 e. The predicted octanol–water partition coefficient (Wildman–Crippen LogP) is 3.19. The number of amides is 2. The lowest BCUT2D eigenvalue weighted by Crippen LogP contribution is -2.31. The first-order chi connectivity index (χ1) is 9.38. The van der Waals surface area contributed by atoms with Gasteiger partial charge in [0.1, 0.15) is 11.9 Å². The maximum Gasteiger partial charge on any atom is 0.323 e. The van der Waals surface area contributed by atoms with Crippen LogP contribution in [-0.4, -0.2) is 22.8 Å². The molecule has 1 heterocycles. The van der Waals surface area contributed by atoms with E-state index < -0.39 is 0 Å². The summed E-state index contributed by atoms with van der Waals surface area (Å²) in [7, 11) is 0. The zero-order valence-corrected chi connectivity index (χ0v) is 12.2. The van der Waals surface area contributed by atoms with Crippen molar-refractivity contribution in [1.82, 2.24) is 10.2 Å². The first-order valence-corrected chi connectivity index (χ1v) is 7.16. The summed E-state index contributed by atoms with van der Waals surface area (Å²) in [5.74, 6) is 0.297. The highest BCUT2D eigenvalue weighted by Gasteiger charge is 2.45. The average Bonchev–Trinajstić information content (AvgIpc) is 3.14. The molecule has 20 heavy (non-hydrogen) atoms. The van der Waals surface area contributed by atoms with Gasteiger partial charge in [-0.25, -0.2) is 4.79 Å². The molecule has 1 atom stereocenters. The van der Waals surface area contributed by atoms with E-state index in [1.54, 1.807) is 0 Å². The number of hydrogen-bond donors (Lipinski definition) is 2. The quantitative estimate of drug-likeness (QED) is 0.852. The zero-order chi connectivity index (χ0) is 14.5. The molecule has 0 radical (unpaired) electrons. The van der Waals surface area contributed by atoms with Crippen molar-refractivity contribution in [3.63, 3.8) is 0 Å².